The third-order valence-corrected chi connectivity index (χ3v) is 7.50. The Morgan fingerprint density at radius 3 is 1.73 bits per heavy atom. The second-order valence-corrected chi connectivity index (χ2v) is 11.7. The highest BCUT2D eigenvalue weighted by molar-refractivity contribution is 5.84. The molecule has 0 spiro atoms. The summed E-state index contributed by atoms with van der Waals surface area (Å²) >= 11 is 0. The van der Waals surface area contributed by atoms with Crippen LogP contribution in [0.25, 0.3) is 0 Å². The van der Waals surface area contributed by atoms with Crippen molar-refractivity contribution in [2.24, 2.45) is 0 Å². The minimum absolute atomic E-state index is 0.0248. The third kappa shape index (κ3) is 17.0. The van der Waals surface area contributed by atoms with Crippen LogP contribution in [0.2, 0.25) is 0 Å². The van der Waals surface area contributed by atoms with Crippen LogP contribution in [0.3, 0.4) is 0 Å². The molecule has 4 amide bonds. The SMILES string of the molecule is CC.CCC.CO.Cc1cccc(C)c1OCC(=O)NC(CCC(Cc1ccccc1)NC(=O)CN1CCCNC1=O)Cc1ccccc1. The molecule has 0 bridgehead atoms. The average molecular weight is 677 g/mol. The summed E-state index contributed by atoms with van der Waals surface area (Å²) in [6, 6.07) is 25.5. The van der Waals surface area contributed by atoms with Gasteiger partial charge in [0.1, 0.15) is 12.3 Å². The van der Waals surface area contributed by atoms with Gasteiger partial charge >= 0.3 is 6.03 Å². The number of nitrogens with zero attached hydrogens (tertiary/aromatic N) is 1. The van der Waals surface area contributed by atoms with Gasteiger partial charge in [-0.05, 0) is 68.2 Å². The van der Waals surface area contributed by atoms with Crippen LogP contribution in [0, 0.1) is 13.8 Å². The summed E-state index contributed by atoms with van der Waals surface area (Å²) in [6.07, 6.45) is 4.70. The van der Waals surface area contributed by atoms with E-state index in [0.29, 0.717) is 38.8 Å². The quantitative estimate of drug-likeness (QED) is 0.158. The number of aryl methyl sites for hydroxylation is 2. The van der Waals surface area contributed by atoms with E-state index in [2.05, 4.69) is 41.9 Å². The predicted octanol–water partition coefficient (Wildman–Crippen LogP) is 6.38. The molecule has 0 saturated carbocycles. The fraction of sp³-hybridized carbons (Fsp3) is 0.475. The van der Waals surface area contributed by atoms with Gasteiger partial charge in [-0.2, -0.15) is 0 Å². The normalized spacial score (nSPS) is 13.0. The molecule has 1 heterocycles. The highest BCUT2D eigenvalue weighted by Crippen LogP contribution is 2.22. The van der Waals surface area contributed by atoms with Crippen LogP contribution in [0.1, 0.15) is 75.6 Å². The molecule has 1 fully saturated rings. The van der Waals surface area contributed by atoms with Crippen LogP contribution in [-0.4, -0.2) is 73.3 Å². The van der Waals surface area contributed by atoms with Crippen LogP contribution < -0.4 is 20.7 Å². The zero-order valence-corrected chi connectivity index (χ0v) is 30.8. The van der Waals surface area contributed by atoms with Gasteiger partial charge in [-0.1, -0.05) is 113 Å². The topological polar surface area (TPSA) is 120 Å². The number of carbonyl (C=O) groups is 3. The fourth-order valence-corrected chi connectivity index (χ4v) is 5.36. The van der Waals surface area contributed by atoms with Gasteiger partial charge in [0.25, 0.3) is 5.91 Å². The van der Waals surface area contributed by atoms with E-state index in [1.165, 1.54) is 6.42 Å². The van der Waals surface area contributed by atoms with Gasteiger partial charge in [0.05, 0.1) is 0 Å². The molecule has 1 aliphatic rings. The predicted molar refractivity (Wildman–Crippen MR) is 200 cm³/mol. The number of ether oxygens (including phenoxy) is 1. The molecule has 0 aromatic heterocycles. The van der Waals surface area contributed by atoms with Crippen molar-refractivity contribution in [2.75, 3.05) is 33.4 Å². The number of nitrogens with one attached hydrogen (secondary N) is 3. The Morgan fingerprint density at radius 1 is 0.796 bits per heavy atom. The maximum absolute atomic E-state index is 13.1. The molecular weight excluding hydrogens is 616 g/mol. The molecule has 0 radical (unpaired) electrons. The number of hydrogen-bond acceptors (Lipinski definition) is 5. The maximum atomic E-state index is 13.1. The van der Waals surface area contributed by atoms with E-state index >= 15 is 0 Å². The maximum Gasteiger partial charge on any atom is 0.317 e. The van der Waals surface area contributed by atoms with Crippen LogP contribution in [0.4, 0.5) is 4.79 Å². The van der Waals surface area contributed by atoms with E-state index in [1.54, 1.807) is 4.90 Å². The number of benzene rings is 3. The van der Waals surface area contributed by atoms with Crippen LogP contribution in [0.5, 0.6) is 5.75 Å². The molecule has 0 aliphatic carbocycles. The third-order valence-electron chi connectivity index (χ3n) is 7.50. The zero-order valence-electron chi connectivity index (χ0n) is 30.8. The number of aliphatic hydroxyl groups is 1. The number of aliphatic hydroxyl groups excluding tert-OH is 1. The Labute approximate surface area is 294 Å². The summed E-state index contributed by atoms with van der Waals surface area (Å²) in [5, 5.41) is 16.1. The standard InChI is InChI=1S/C34H42N4O4.C3H8.C2H6.CH4O/c1-25-11-9-12-26(2)33(25)42-24-32(40)37-30(22-28-15-7-4-8-16-28)18-17-29(21-27-13-5-3-6-14-27)36-31(39)23-38-20-10-19-35-34(38)41;1-3-2;2*1-2/h3-9,11-16,29-30H,10,17-24H2,1-2H3,(H,35,41)(H,36,39)(H,37,40);3H2,1-2H3;1-2H3;2H,1H3. The molecule has 4 rings (SSSR count). The van der Waals surface area contributed by atoms with E-state index < -0.39 is 0 Å². The highest BCUT2D eigenvalue weighted by atomic mass is 16.5. The summed E-state index contributed by atoms with van der Waals surface area (Å²) in [6.45, 7) is 13.3. The monoisotopic (exact) mass is 676 g/mol. The Hall–Kier alpha value is -4.37. The zero-order chi connectivity index (χ0) is 36.4. The van der Waals surface area contributed by atoms with Crippen LogP contribution in [0.15, 0.2) is 78.9 Å². The smallest absolute Gasteiger partial charge is 0.317 e. The van der Waals surface area contributed by atoms with Gasteiger partial charge in [0, 0.05) is 32.3 Å². The molecule has 49 heavy (non-hydrogen) atoms. The lowest BCUT2D eigenvalue weighted by Gasteiger charge is -2.28. The largest absolute Gasteiger partial charge is 0.483 e. The molecule has 2 unspecified atom stereocenters. The van der Waals surface area contributed by atoms with E-state index in [-0.39, 0.29) is 43.1 Å². The van der Waals surface area contributed by atoms with Gasteiger partial charge in [-0.3, -0.25) is 9.59 Å². The number of hydrogen-bond donors (Lipinski definition) is 4. The molecule has 9 heteroatoms. The second kappa shape index (κ2) is 25.6. The van der Waals surface area contributed by atoms with Gasteiger partial charge in [-0.15, -0.1) is 0 Å². The van der Waals surface area contributed by atoms with Crippen molar-refractivity contribution in [3.8, 4) is 5.75 Å². The van der Waals surface area contributed by atoms with E-state index in [0.717, 1.165) is 41.5 Å². The molecule has 270 valence electrons. The lowest BCUT2D eigenvalue weighted by Crippen LogP contribution is -2.51. The lowest BCUT2D eigenvalue weighted by molar-refractivity contribution is -0.124. The number of carbonyl (C=O) groups excluding carboxylic acids is 3. The Balaban J connectivity index is 0.00000160. The van der Waals surface area contributed by atoms with Crippen molar-refractivity contribution in [3.63, 3.8) is 0 Å². The molecule has 1 aliphatic heterocycles. The molecule has 3 aromatic carbocycles. The molecule has 3 aromatic rings. The van der Waals surface area contributed by atoms with E-state index in [9.17, 15) is 14.4 Å². The molecule has 9 nitrogen and oxygen atoms in total. The summed E-state index contributed by atoms with van der Waals surface area (Å²) in [7, 11) is 1.00. The number of rotatable bonds is 14. The Morgan fingerprint density at radius 2 is 1.27 bits per heavy atom. The number of para-hydroxylation sites is 1. The number of amides is 4. The van der Waals surface area contributed by atoms with Crippen molar-refractivity contribution in [1.82, 2.24) is 20.9 Å². The van der Waals surface area contributed by atoms with Crippen LogP contribution >= 0.6 is 0 Å². The minimum Gasteiger partial charge on any atom is -0.483 e. The van der Waals surface area contributed by atoms with E-state index in [1.807, 2.05) is 94.4 Å². The van der Waals surface area contributed by atoms with Gasteiger partial charge in [0.15, 0.2) is 6.61 Å². The molecular formula is C40H60N4O5. The average Bonchev–Trinajstić information content (AvgIpc) is 3.11. The minimum atomic E-state index is -0.204. The molecule has 2 atom stereocenters. The molecule has 4 N–H and O–H groups in total. The first-order valence-electron chi connectivity index (χ1n) is 17.6. The summed E-state index contributed by atoms with van der Waals surface area (Å²) in [4.78, 5) is 39.8. The summed E-state index contributed by atoms with van der Waals surface area (Å²) < 4.78 is 5.91. The fourth-order valence-electron chi connectivity index (χ4n) is 5.36. The number of urea groups is 1. The lowest BCUT2D eigenvalue weighted by atomic mass is 9.96. The summed E-state index contributed by atoms with van der Waals surface area (Å²) in [5.74, 6) is 0.372. The Bertz CT molecular complexity index is 1320. The van der Waals surface area contributed by atoms with Crippen molar-refractivity contribution in [2.45, 2.75) is 92.2 Å². The Kier molecular flexibility index (Phi) is 22.3. The first kappa shape index (κ1) is 42.7. The van der Waals surface area contributed by atoms with Gasteiger partial charge < -0.3 is 30.7 Å². The highest BCUT2D eigenvalue weighted by Gasteiger charge is 2.23. The van der Waals surface area contributed by atoms with Crippen molar-refractivity contribution in [1.29, 1.82) is 0 Å². The molecule has 1 saturated heterocycles. The van der Waals surface area contributed by atoms with Crippen molar-refractivity contribution < 1.29 is 24.2 Å². The first-order chi connectivity index (χ1) is 23.8. The van der Waals surface area contributed by atoms with Gasteiger partial charge in [-0.25, -0.2) is 4.79 Å². The van der Waals surface area contributed by atoms with Gasteiger partial charge in [0.2, 0.25) is 5.91 Å². The van der Waals surface area contributed by atoms with Crippen molar-refractivity contribution in [3.05, 3.63) is 101 Å². The van der Waals surface area contributed by atoms with Crippen LogP contribution in [-0.2, 0) is 22.4 Å². The second-order valence-electron chi connectivity index (χ2n) is 11.7. The summed E-state index contributed by atoms with van der Waals surface area (Å²) in [5.41, 5.74) is 4.22. The van der Waals surface area contributed by atoms with E-state index in [4.69, 9.17) is 9.84 Å². The first-order valence-corrected chi connectivity index (χ1v) is 17.6. The van der Waals surface area contributed by atoms with Crippen molar-refractivity contribution >= 4 is 17.8 Å².